The number of carboxylic acids is 1. The molecule has 5 rings (SSSR count). The van der Waals surface area contributed by atoms with E-state index in [1.165, 1.54) is 5.56 Å². The summed E-state index contributed by atoms with van der Waals surface area (Å²) < 4.78 is 21.1. The number of fused-ring (bicyclic) bond motifs is 1. The number of hydrogen-bond donors (Lipinski definition) is 2. The Bertz CT molecular complexity index is 1500. The molecular weight excluding hydrogens is 555 g/mol. The first-order valence-corrected chi connectivity index (χ1v) is 15.9. The average Bonchev–Trinajstić information content (AvgIpc) is 3.39. The van der Waals surface area contributed by atoms with Gasteiger partial charge < -0.3 is 23.7 Å². The molecule has 0 saturated carbocycles. The van der Waals surface area contributed by atoms with Crippen molar-refractivity contribution in [2.45, 2.75) is 105 Å². The largest absolute Gasteiger partial charge is 0.494 e. The lowest BCUT2D eigenvalue weighted by Gasteiger charge is -2.37. The van der Waals surface area contributed by atoms with E-state index < -0.39 is 30.3 Å². The molecule has 0 aliphatic carbocycles. The van der Waals surface area contributed by atoms with Gasteiger partial charge in [-0.25, -0.2) is 10.4 Å². The minimum atomic E-state index is -0.799. The number of nitrogens with one attached hydrogen (secondary N) is 1. The van der Waals surface area contributed by atoms with Crippen molar-refractivity contribution in [2.75, 3.05) is 20.2 Å². The van der Waals surface area contributed by atoms with Crippen LogP contribution in [0.25, 0.3) is 22.2 Å². The van der Waals surface area contributed by atoms with E-state index in [4.69, 9.17) is 19.0 Å². The van der Waals surface area contributed by atoms with Gasteiger partial charge in [-0.1, -0.05) is 26.0 Å². The summed E-state index contributed by atoms with van der Waals surface area (Å²) in [6, 6.07) is 10.2. The molecule has 2 N–H and O–H groups in total. The Morgan fingerprint density at radius 1 is 1.23 bits per heavy atom. The summed E-state index contributed by atoms with van der Waals surface area (Å²) in [6.45, 7) is 19.4. The molecule has 2 saturated heterocycles. The smallest absolute Gasteiger partial charge is 0.480 e. The van der Waals surface area contributed by atoms with Gasteiger partial charge in [-0.3, -0.25) is 9.78 Å². The molecule has 2 aromatic heterocycles. The summed E-state index contributed by atoms with van der Waals surface area (Å²) in [4.78, 5) is 16.5. The second kappa shape index (κ2) is 12.2. The highest BCUT2D eigenvalue weighted by atomic mass is 16.7. The van der Waals surface area contributed by atoms with Crippen LogP contribution >= 0.6 is 0 Å². The molecule has 9 nitrogen and oxygen atoms in total. The summed E-state index contributed by atoms with van der Waals surface area (Å²) in [5.41, 5.74) is 8.67. The number of aromatic nitrogens is 2. The summed E-state index contributed by atoms with van der Waals surface area (Å²) in [5, 5.41) is 12.9. The number of rotatable bonds is 10. The van der Waals surface area contributed by atoms with Crippen LogP contribution in [-0.2, 0) is 31.8 Å². The molecule has 10 heteroatoms. The van der Waals surface area contributed by atoms with Crippen molar-refractivity contribution in [1.82, 2.24) is 20.0 Å². The number of aryl methyl sites for hydroxylation is 1. The first kappa shape index (κ1) is 32.6. The molecule has 2 atom stereocenters. The van der Waals surface area contributed by atoms with Gasteiger partial charge in [0, 0.05) is 49.4 Å². The van der Waals surface area contributed by atoms with E-state index in [9.17, 15) is 9.90 Å². The summed E-state index contributed by atoms with van der Waals surface area (Å²) in [7, 11) is 1.25. The molecule has 238 valence electrons. The lowest BCUT2D eigenvalue weighted by molar-refractivity contribution is -0.142. The van der Waals surface area contributed by atoms with Crippen molar-refractivity contribution < 1.29 is 23.9 Å². The van der Waals surface area contributed by atoms with Gasteiger partial charge in [0.15, 0.2) is 0 Å². The zero-order chi connectivity index (χ0) is 32.0. The highest BCUT2D eigenvalue weighted by Gasteiger charge is 2.51. The Balaban J connectivity index is 1.64. The maximum Gasteiger partial charge on any atom is 0.494 e. The zero-order valence-electron chi connectivity index (χ0n) is 27.9. The van der Waals surface area contributed by atoms with Gasteiger partial charge in [0.05, 0.1) is 28.7 Å². The second-order valence-corrected chi connectivity index (χ2v) is 14.2. The highest BCUT2D eigenvalue weighted by Crippen LogP contribution is 2.41. The molecule has 2 fully saturated rings. The Labute approximate surface area is 262 Å². The first-order chi connectivity index (χ1) is 20.7. The molecule has 2 aliphatic rings. The van der Waals surface area contributed by atoms with Gasteiger partial charge in [-0.15, -0.1) is 0 Å². The normalized spacial score (nSPS) is 21.2. The Kier molecular flexibility index (Phi) is 9.06. The number of aliphatic carboxylic acids is 1. The van der Waals surface area contributed by atoms with E-state index in [0.717, 1.165) is 59.2 Å². The van der Waals surface area contributed by atoms with Crippen LogP contribution in [0, 0.1) is 5.41 Å². The molecule has 4 heterocycles. The fourth-order valence-corrected chi connectivity index (χ4v) is 6.63. The highest BCUT2D eigenvalue weighted by molar-refractivity contribution is 6.62. The maximum absolute atomic E-state index is 11.7. The summed E-state index contributed by atoms with van der Waals surface area (Å²) in [6.07, 6.45) is 3.91. The number of methoxy groups -OCH3 is 1. The van der Waals surface area contributed by atoms with E-state index in [0.29, 0.717) is 13.0 Å². The fourth-order valence-electron chi connectivity index (χ4n) is 6.63. The molecule has 1 aromatic carbocycles. The van der Waals surface area contributed by atoms with Crippen molar-refractivity contribution >= 4 is 29.5 Å². The average molecular weight is 605 g/mol. The topological polar surface area (TPSA) is 98.1 Å². The van der Waals surface area contributed by atoms with Gasteiger partial charge in [-0.05, 0) is 95.4 Å². The lowest BCUT2D eigenvalue weighted by Crippen LogP contribution is -2.55. The Morgan fingerprint density at radius 3 is 2.57 bits per heavy atom. The van der Waals surface area contributed by atoms with Gasteiger partial charge >= 0.3 is 13.1 Å². The third-order valence-electron chi connectivity index (χ3n) is 9.70. The molecule has 0 radical (unpaired) electrons. The number of nitrogens with zero attached hydrogens (tertiary/aromatic N) is 3. The maximum atomic E-state index is 11.7. The predicted molar refractivity (Wildman–Crippen MR) is 175 cm³/mol. The number of benzene rings is 1. The van der Waals surface area contributed by atoms with E-state index in [1.807, 2.05) is 19.2 Å². The van der Waals surface area contributed by atoms with Gasteiger partial charge in [0.25, 0.3) is 0 Å². The monoisotopic (exact) mass is 604 g/mol. The van der Waals surface area contributed by atoms with Crippen LogP contribution in [0.2, 0.25) is 0 Å². The summed E-state index contributed by atoms with van der Waals surface area (Å²) in [5.74, 6) is -0.799. The second-order valence-electron chi connectivity index (χ2n) is 14.2. The van der Waals surface area contributed by atoms with Crippen LogP contribution in [0.4, 0.5) is 0 Å². The standard InChI is InChI=1S/C34H49BN4O5/c1-10-39-28-16-15-23(35-43-33(5,6)34(7,8)44-35)19-25(28)26(30(39)24-13-11-17-36-29(24)22(2)42-9)20-32(3,4)21-38-18-12-14-27(37-38)31(40)41/h11,13,15-17,19,22,27,37H,10,12,14,18,20-21H2,1-9H3,(H,40,41)/t22?,27-/m0/s1. The van der Waals surface area contributed by atoms with Crippen LogP contribution in [0.15, 0.2) is 36.5 Å². The van der Waals surface area contributed by atoms with Gasteiger partial charge in [-0.2, -0.15) is 0 Å². The molecule has 3 aromatic rings. The van der Waals surface area contributed by atoms with E-state index in [1.54, 1.807) is 7.11 Å². The van der Waals surface area contributed by atoms with Crippen LogP contribution in [0.1, 0.15) is 85.6 Å². The third-order valence-corrected chi connectivity index (χ3v) is 9.70. The third kappa shape index (κ3) is 6.20. The van der Waals surface area contributed by atoms with Gasteiger partial charge in [0.2, 0.25) is 0 Å². The first-order valence-electron chi connectivity index (χ1n) is 15.9. The quantitative estimate of drug-likeness (QED) is 0.299. The van der Waals surface area contributed by atoms with Gasteiger partial charge in [0.1, 0.15) is 6.04 Å². The Hall–Kier alpha value is -2.76. The fraction of sp³-hybridized carbons (Fsp3) is 0.588. The van der Waals surface area contributed by atoms with Crippen LogP contribution in [-0.4, -0.2) is 70.2 Å². The summed E-state index contributed by atoms with van der Waals surface area (Å²) >= 11 is 0. The van der Waals surface area contributed by atoms with Crippen molar-refractivity contribution in [3.63, 3.8) is 0 Å². The van der Waals surface area contributed by atoms with E-state index in [-0.39, 0.29) is 11.5 Å². The van der Waals surface area contributed by atoms with E-state index >= 15 is 0 Å². The van der Waals surface area contributed by atoms with Crippen LogP contribution < -0.4 is 10.9 Å². The number of pyridine rings is 1. The van der Waals surface area contributed by atoms with Crippen molar-refractivity contribution in [1.29, 1.82) is 0 Å². The number of hydrogen-bond acceptors (Lipinski definition) is 7. The Morgan fingerprint density at radius 2 is 1.93 bits per heavy atom. The SMILES string of the molecule is CCn1c(-c2cccnc2C(C)OC)c(CC(C)(C)CN2CCC[C@@H](C(=O)O)N2)c2cc(B3OC(C)(C)C(C)(C)O3)ccc21. The molecule has 0 amide bonds. The minimum Gasteiger partial charge on any atom is -0.480 e. The zero-order valence-corrected chi connectivity index (χ0v) is 27.9. The number of hydrazine groups is 1. The molecule has 0 spiro atoms. The lowest BCUT2D eigenvalue weighted by atomic mass is 9.77. The predicted octanol–water partition coefficient (Wildman–Crippen LogP) is 5.35. The number of carbonyl (C=O) groups is 1. The van der Waals surface area contributed by atoms with Crippen LogP contribution in [0.5, 0.6) is 0 Å². The number of carboxylic acid groups (broad SMARTS) is 1. The molecule has 44 heavy (non-hydrogen) atoms. The molecule has 0 bridgehead atoms. The van der Waals surface area contributed by atoms with Crippen molar-refractivity contribution in [2.24, 2.45) is 5.41 Å². The molecule has 2 aliphatic heterocycles. The molecular formula is C34H49BN4O5. The number of ether oxygens (including phenoxy) is 1. The van der Waals surface area contributed by atoms with Crippen molar-refractivity contribution in [3.8, 4) is 11.3 Å². The minimum absolute atomic E-state index is 0.179. The van der Waals surface area contributed by atoms with Crippen molar-refractivity contribution in [3.05, 3.63) is 47.8 Å². The van der Waals surface area contributed by atoms with E-state index in [2.05, 4.69) is 87.7 Å². The van der Waals surface area contributed by atoms with Crippen LogP contribution in [0.3, 0.4) is 0 Å². The molecule has 1 unspecified atom stereocenters.